The zero-order valence-corrected chi connectivity index (χ0v) is 12.7. The van der Waals surface area contributed by atoms with Crippen molar-refractivity contribution in [3.8, 4) is 0 Å². The largest absolute Gasteiger partial charge is 0.371 e. The van der Waals surface area contributed by atoms with Crippen LogP contribution in [-0.2, 0) is 16.8 Å². The molecule has 0 N–H and O–H groups in total. The van der Waals surface area contributed by atoms with Gasteiger partial charge >= 0.3 is 0 Å². The Morgan fingerprint density at radius 1 is 1.21 bits per heavy atom. The highest BCUT2D eigenvalue weighted by Crippen LogP contribution is 2.31. The van der Waals surface area contributed by atoms with Gasteiger partial charge in [0.2, 0.25) is 0 Å². The van der Waals surface area contributed by atoms with Crippen molar-refractivity contribution in [2.24, 2.45) is 5.92 Å². The van der Waals surface area contributed by atoms with Crippen molar-refractivity contribution in [1.82, 2.24) is 0 Å². The summed E-state index contributed by atoms with van der Waals surface area (Å²) in [6.45, 7) is 7.61. The van der Waals surface area contributed by atoms with Crippen LogP contribution in [0.25, 0.3) is 0 Å². The maximum absolute atomic E-state index is 6.21. The van der Waals surface area contributed by atoms with Gasteiger partial charge in [0.05, 0.1) is 5.60 Å². The first-order valence-electron chi connectivity index (χ1n) is 7.86. The summed E-state index contributed by atoms with van der Waals surface area (Å²) >= 11 is 0. The number of aryl methyl sites for hydroxylation is 1. The zero-order valence-electron chi connectivity index (χ0n) is 12.7. The van der Waals surface area contributed by atoms with E-state index in [1.54, 1.807) is 0 Å². The molecule has 106 valence electrons. The molecule has 0 spiro atoms. The first-order valence-corrected chi connectivity index (χ1v) is 7.86. The van der Waals surface area contributed by atoms with Crippen molar-refractivity contribution in [2.75, 3.05) is 6.61 Å². The molecule has 0 saturated heterocycles. The van der Waals surface area contributed by atoms with Crippen molar-refractivity contribution < 1.29 is 4.74 Å². The molecule has 0 amide bonds. The van der Waals surface area contributed by atoms with E-state index in [-0.39, 0.29) is 5.60 Å². The van der Waals surface area contributed by atoms with Gasteiger partial charge < -0.3 is 4.74 Å². The van der Waals surface area contributed by atoms with Gasteiger partial charge in [-0.2, -0.15) is 0 Å². The number of hydrogen-bond acceptors (Lipinski definition) is 1. The molecular weight excluding hydrogens is 232 g/mol. The van der Waals surface area contributed by atoms with E-state index in [0.29, 0.717) is 0 Å². The van der Waals surface area contributed by atoms with Gasteiger partial charge in [0.1, 0.15) is 0 Å². The van der Waals surface area contributed by atoms with Crippen LogP contribution >= 0.6 is 0 Å². The Morgan fingerprint density at radius 3 is 2.79 bits per heavy atom. The number of hydrogen-bond donors (Lipinski definition) is 0. The van der Waals surface area contributed by atoms with Gasteiger partial charge in [-0.1, -0.05) is 50.5 Å². The monoisotopic (exact) mass is 260 g/mol. The van der Waals surface area contributed by atoms with Crippen LogP contribution in [0.15, 0.2) is 24.3 Å². The van der Waals surface area contributed by atoms with Crippen LogP contribution in [0.2, 0.25) is 0 Å². The molecule has 1 aliphatic heterocycles. The van der Waals surface area contributed by atoms with Gasteiger partial charge in [0, 0.05) is 6.61 Å². The molecule has 1 heterocycles. The van der Waals surface area contributed by atoms with Gasteiger partial charge in [-0.05, 0) is 50.2 Å². The first-order chi connectivity index (χ1) is 9.13. The first kappa shape index (κ1) is 14.6. The average molecular weight is 260 g/mol. The lowest BCUT2D eigenvalue weighted by Gasteiger charge is -2.31. The molecule has 0 saturated carbocycles. The summed E-state index contributed by atoms with van der Waals surface area (Å²) in [4.78, 5) is 0. The van der Waals surface area contributed by atoms with Crippen molar-refractivity contribution in [1.29, 1.82) is 0 Å². The highest BCUT2D eigenvalue weighted by atomic mass is 16.5. The summed E-state index contributed by atoms with van der Waals surface area (Å²) < 4.78 is 6.21. The van der Waals surface area contributed by atoms with E-state index < -0.39 is 0 Å². The number of fused-ring (bicyclic) bond motifs is 1. The number of rotatable bonds is 2. The molecular formula is C18H28O. The highest BCUT2D eigenvalue weighted by molar-refractivity contribution is 5.32. The SMILES string of the molecule is CCCC1CCCc2ccccc2C(C)(C)OCC1. The molecule has 1 unspecified atom stereocenters. The fourth-order valence-corrected chi connectivity index (χ4v) is 3.31. The second-order valence-electron chi connectivity index (χ2n) is 6.35. The second-order valence-corrected chi connectivity index (χ2v) is 6.35. The van der Waals surface area contributed by atoms with Crippen LogP contribution in [0.5, 0.6) is 0 Å². The second kappa shape index (κ2) is 6.56. The lowest BCUT2D eigenvalue weighted by molar-refractivity contribution is -0.0298. The summed E-state index contributed by atoms with van der Waals surface area (Å²) in [6, 6.07) is 8.80. The van der Waals surface area contributed by atoms with Crippen LogP contribution in [0.3, 0.4) is 0 Å². The average Bonchev–Trinajstić information content (AvgIpc) is 2.38. The summed E-state index contributed by atoms with van der Waals surface area (Å²) in [6.07, 6.45) is 7.74. The van der Waals surface area contributed by atoms with E-state index >= 15 is 0 Å². The van der Waals surface area contributed by atoms with Gasteiger partial charge in [-0.3, -0.25) is 0 Å². The summed E-state index contributed by atoms with van der Waals surface area (Å²) in [5.74, 6) is 0.853. The Bertz CT molecular complexity index is 394. The maximum Gasteiger partial charge on any atom is 0.0877 e. The highest BCUT2D eigenvalue weighted by Gasteiger charge is 2.25. The quantitative estimate of drug-likeness (QED) is 0.720. The molecule has 1 heteroatoms. The smallest absolute Gasteiger partial charge is 0.0877 e. The molecule has 19 heavy (non-hydrogen) atoms. The van der Waals surface area contributed by atoms with E-state index in [4.69, 9.17) is 4.74 Å². The fourth-order valence-electron chi connectivity index (χ4n) is 3.31. The Labute approximate surface area is 118 Å². The lowest BCUT2D eigenvalue weighted by Crippen LogP contribution is -2.25. The lowest BCUT2D eigenvalue weighted by atomic mass is 9.87. The molecule has 1 aromatic rings. The Morgan fingerprint density at radius 2 is 2.00 bits per heavy atom. The molecule has 0 fully saturated rings. The Hall–Kier alpha value is -0.820. The standard InChI is InChI=1S/C18H28O/c1-4-8-15-9-7-11-16-10-5-6-12-17(16)18(2,3)19-14-13-15/h5-6,10,12,15H,4,7-9,11,13-14H2,1-3H3. The van der Waals surface area contributed by atoms with E-state index in [9.17, 15) is 0 Å². The van der Waals surface area contributed by atoms with Crippen LogP contribution in [0.4, 0.5) is 0 Å². The van der Waals surface area contributed by atoms with Crippen LogP contribution in [0.1, 0.15) is 64.0 Å². The molecule has 1 aromatic carbocycles. The minimum Gasteiger partial charge on any atom is -0.371 e. The maximum atomic E-state index is 6.21. The van der Waals surface area contributed by atoms with Crippen molar-refractivity contribution in [2.45, 2.75) is 64.9 Å². The Balaban J connectivity index is 2.17. The topological polar surface area (TPSA) is 9.23 Å². The molecule has 0 aliphatic carbocycles. The van der Waals surface area contributed by atoms with E-state index in [1.807, 2.05) is 0 Å². The van der Waals surface area contributed by atoms with Gasteiger partial charge in [-0.25, -0.2) is 0 Å². The number of ether oxygens (including phenoxy) is 1. The molecule has 2 rings (SSSR count). The van der Waals surface area contributed by atoms with Gasteiger partial charge in [-0.15, -0.1) is 0 Å². The van der Waals surface area contributed by atoms with Crippen molar-refractivity contribution in [3.05, 3.63) is 35.4 Å². The van der Waals surface area contributed by atoms with E-state index in [2.05, 4.69) is 45.0 Å². The predicted molar refractivity (Wildman–Crippen MR) is 81.4 cm³/mol. The summed E-state index contributed by atoms with van der Waals surface area (Å²) in [5, 5.41) is 0. The molecule has 1 nitrogen and oxygen atoms in total. The Kier molecular flexibility index (Phi) is 5.04. The van der Waals surface area contributed by atoms with Gasteiger partial charge in [0.15, 0.2) is 0 Å². The van der Waals surface area contributed by atoms with Crippen LogP contribution in [-0.4, -0.2) is 6.61 Å². The van der Waals surface area contributed by atoms with Gasteiger partial charge in [0.25, 0.3) is 0 Å². The summed E-state index contributed by atoms with van der Waals surface area (Å²) in [5.41, 5.74) is 2.71. The minimum atomic E-state index is -0.148. The molecule has 1 aliphatic rings. The molecule has 1 atom stereocenters. The van der Waals surface area contributed by atoms with Crippen LogP contribution < -0.4 is 0 Å². The normalized spacial score (nSPS) is 23.6. The predicted octanol–water partition coefficient (Wildman–Crippen LogP) is 5.08. The molecule has 0 aromatic heterocycles. The summed E-state index contributed by atoms with van der Waals surface area (Å²) in [7, 11) is 0. The van der Waals surface area contributed by atoms with E-state index in [0.717, 1.165) is 12.5 Å². The minimum absolute atomic E-state index is 0.148. The van der Waals surface area contributed by atoms with E-state index in [1.165, 1.54) is 49.7 Å². The fraction of sp³-hybridized carbons (Fsp3) is 0.667. The number of benzene rings is 1. The zero-order chi connectivity index (χ0) is 13.7. The molecule has 0 bridgehead atoms. The van der Waals surface area contributed by atoms with Crippen LogP contribution in [0, 0.1) is 5.92 Å². The van der Waals surface area contributed by atoms with Crippen molar-refractivity contribution >= 4 is 0 Å². The molecule has 0 radical (unpaired) electrons. The third-order valence-corrected chi connectivity index (χ3v) is 4.41. The third-order valence-electron chi connectivity index (χ3n) is 4.41. The van der Waals surface area contributed by atoms with Crippen molar-refractivity contribution in [3.63, 3.8) is 0 Å². The third kappa shape index (κ3) is 3.82.